The van der Waals surface area contributed by atoms with Gasteiger partial charge in [-0.2, -0.15) is 0 Å². The molecule has 0 saturated carbocycles. The van der Waals surface area contributed by atoms with E-state index in [1.54, 1.807) is 18.3 Å². The Morgan fingerprint density at radius 3 is 2.73 bits per heavy atom. The van der Waals surface area contributed by atoms with Gasteiger partial charge in [0, 0.05) is 23.5 Å². The SMILES string of the molecule is CCOc1cc(C(=O)Nc2ccc3ccccc3c2)ccn1. The van der Waals surface area contributed by atoms with Crippen molar-refractivity contribution in [1.82, 2.24) is 4.98 Å². The first-order valence-corrected chi connectivity index (χ1v) is 7.15. The van der Waals surface area contributed by atoms with E-state index in [-0.39, 0.29) is 5.91 Å². The van der Waals surface area contributed by atoms with Gasteiger partial charge in [-0.05, 0) is 35.9 Å². The van der Waals surface area contributed by atoms with Crippen LogP contribution in [0.25, 0.3) is 10.8 Å². The first-order valence-electron chi connectivity index (χ1n) is 7.15. The predicted octanol–water partition coefficient (Wildman–Crippen LogP) is 3.89. The largest absolute Gasteiger partial charge is 0.478 e. The molecule has 0 aliphatic heterocycles. The van der Waals surface area contributed by atoms with E-state index in [1.807, 2.05) is 49.4 Å². The van der Waals surface area contributed by atoms with E-state index in [0.717, 1.165) is 16.5 Å². The molecule has 4 heteroatoms. The molecule has 2 aromatic carbocycles. The van der Waals surface area contributed by atoms with Crippen LogP contribution in [0.15, 0.2) is 60.8 Å². The van der Waals surface area contributed by atoms with Crippen molar-refractivity contribution in [2.45, 2.75) is 6.92 Å². The van der Waals surface area contributed by atoms with E-state index >= 15 is 0 Å². The van der Waals surface area contributed by atoms with E-state index in [2.05, 4.69) is 10.3 Å². The second-order valence-electron chi connectivity index (χ2n) is 4.83. The van der Waals surface area contributed by atoms with Gasteiger partial charge < -0.3 is 10.1 Å². The number of benzene rings is 2. The van der Waals surface area contributed by atoms with Crippen LogP contribution in [-0.4, -0.2) is 17.5 Å². The van der Waals surface area contributed by atoms with Gasteiger partial charge in [0.25, 0.3) is 5.91 Å². The molecule has 1 aromatic heterocycles. The van der Waals surface area contributed by atoms with Crippen molar-refractivity contribution in [3.63, 3.8) is 0 Å². The Labute approximate surface area is 128 Å². The van der Waals surface area contributed by atoms with Crippen LogP contribution in [-0.2, 0) is 0 Å². The number of nitrogens with zero attached hydrogens (tertiary/aromatic N) is 1. The number of carbonyl (C=O) groups excluding carboxylic acids is 1. The van der Waals surface area contributed by atoms with E-state index in [4.69, 9.17) is 4.74 Å². The number of rotatable bonds is 4. The fraction of sp³-hybridized carbons (Fsp3) is 0.111. The zero-order valence-electron chi connectivity index (χ0n) is 12.2. The van der Waals surface area contributed by atoms with Gasteiger partial charge in [-0.15, -0.1) is 0 Å². The highest BCUT2D eigenvalue weighted by Crippen LogP contribution is 2.19. The van der Waals surface area contributed by atoms with Gasteiger partial charge in [0.05, 0.1) is 6.61 Å². The van der Waals surface area contributed by atoms with Crippen LogP contribution >= 0.6 is 0 Å². The lowest BCUT2D eigenvalue weighted by Gasteiger charge is -2.08. The second-order valence-corrected chi connectivity index (χ2v) is 4.83. The summed E-state index contributed by atoms with van der Waals surface area (Å²) in [6, 6.07) is 17.2. The molecule has 3 rings (SSSR count). The highest BCUT2D eigenvalue weighted by atomic mass is 16.5. The second kappa shape index (κ2) is 6.26. The summed E-state index contributed by atoms with van der Waals surface area (Å²) in [5.41, 5.74) is 1.28. The van der Waals surface area contributed by atoms with Crippen molar-refractivity contribution < 1.29 is 9.53 Å². The summed E-state index contributed by atoms with van der Waals surface area (Å²) in [6.07, 6.45) is 1.57. The molecule has 1 amide bonds. The number of amides is 1. The Kier molecular flexibility index (Phi) is 4.01. The molecule has 0 spiro atoms. The summed E-state index contributed by atoms with van der Waals surface area (Å²) in [5, 5.41) is 5.13. The third-order valence-electron chi connectivity index (χ3n) is 3.30. The van der Waals surface area contributed by atoms with Crippen LogP contribution < -0.4 is 10.1 Å². The average molecular weight is 292 g/mol. The summed E-state index contributed by atoms with van der Waals surface area (Å²) in [6.45, 7) is 2.40. The predicted molar refractivity (Wildman–Crippen MR) is 87.3 cm³/mol. The summed E-state index contributed by atoms with van der Waals surface area (Å²) < 4.78 is 5.31. The van der Waals surface area contributed by atoms with Crippen LogP contribution in [0, 0.1) is 0 Å². The van der Waals surface area contributed by atoms with Gasteiger partial charge in [-0.1, -0.05) is 30.3 Å². The number of ether oxygens (including phenoxy) is 1. The summed E-state index contributed by atoms with van der Waals surface area (Å²) >= 11 is 0. The van der Waals surface area contributed by atoms with Crippen molar-refractivity contribution in [2.24, 2.45) is 0 Å². The molecule has 0 radical (unpaired) electrons. The minimum Gasteiger partial charge on any atom is -0.478 e. The summed E-state index contributed by atoms with van der Waals surface area (Å²) in [5.74, 6) is 0.271. The minimum atomic E-state index is -0.182. The first-order chi connectivity index (χ1) is 10.8. The number of hydrogen-bond donors (Lipinski definition) is 1. The maximum Gasteiger partial charge on any atom is 0.255 e. The zero-order chi connectivity index (χ0) is 15.4. The van der Waals surface area contributed by atoms with Crippen molar-refractivity contribution in [3.05, 3.63) is 66.4 Å². The summed E-state index contributed by atoms with van der Waals surface area (Å²) in [4.78, 5) is 16.4. The number of pyridine rings is 1. The van der Waals surface area contributed by atoms with E-state index in [1.165, 1.54) is 0 Å². The molecule has 0 aliphatic carbocycles. The highest BCUT2D eigenvalue weighted by molar-refractivity contribution is 6.05. The number of carbonyl (C=O) groups is 1. The van der Waals surface area contributed by atoms with Crippen LogP contribution in [0.4, 0.5) is 5.69 Å². The van der Waals surface area contributed by atoms with Crippen molar-refractivity contribution >= 4 is 22.4 Å². The molecule has 0 bridgehead atoms. The van der Waals surface area contributed by atoms with Crippen LogP contribution in [0.5, 0.6) is 5.88 Å². The van der Waals surface area contributed by atoms with Crippen LogP contribution in [0.2, 0.25) is 0 Å². The average Bonchev–Trinajstić information content (AvgIpc) is 2.55. The lowest BCUT2D eigenvalue weighted by molar-refractivity contribution is 0.102. The van der Waals surface area contributed by atoms with Gasteiger partial charge >= 0.3 is 0 Å². The number of anilines is 1. The number of nitrogens with one attached hydrogen (secondary N) is 1. The summed E-state index contributed by atoms with van der Waals surface area (Å²) in [7, 11) is 0. The van der Waals surface area contributed by atoms with E-state index < -0.39 is 0 Å². The van der Waals surface area contributed by atoms with Crippen molar-refractivity contribution in [1.29, 1.82) is 0 Å². The number of aromatic nitrogens is 1. The molecule has 0 aliphatic rings. The third kappa shape index (κ3) is 3.06. The molecule has 1 heterocycles. The Morgan fingerprint density at radius 1 is 1.09 bits per heavy atom. The molecule has 110 valence electrons. The van der Waals surface area contributed by atoms with Gasteiger partial charge in [0.2, 0.25) is 5.88 Å². The van der Waals surface area contributed by atoms with Crippen molar-refractivity contribution in [2.75, 3.05) is 11.9 Å². The standard InChI is InChI=1S/C18H16N2O2/c1-2-22-17-12-15(9-10-19-17)18(21)20-16-8-7-13-5-3-4-6-14(13)11-16/h3-12H,2H2,1H3,(H,20,21). The van der Waals surface area contributed by atoms with Gasteiger partial charge in [0.15, 0.2) is 0 Å². The van der Waals surface area contributed by atoms with E-state index in [9.17, 15) is 4.79 Å². The molecule has 0 atom stereocenters. The molecule has 0 fully saturated rings. The molecule has 1 N–H and O–H groups in total. The van der Waals surface area contributed by atoms with Gasteiger partial charge in [-0.3, -0.25) is 4.79 Å². The molecular formula is C18H16N2O2. The lowest BCUT2D eigenvalue weighted by atomic mass is 10.1. The van der Waals surface area contributed by atoms with Crippen LogP contribution in [0.1, 0.15) is 17.3 Å². The zero-order valence-corrected chi connectivity index (χ0v) is 12.2. The Balaban J connectivity index is 1.81. The maximum atomic E-state index is 12.3. The molecule has 0 unspecified atom stereocenters. The molecular weight excluding hydrogens is 276 g/mol. The fourth-order valence-corrected chi connectivity index (χ4v) is 2.25. The molecule has 0 saturated heterocycles. The molecule has 4 nitrogen and oxygen atoms in total. The van der Waals surface area contributed by atoms with Gasteiger partial charge in [-0.25, -0.2) is 4.98 Å². The maximum absolute atomic E-state index is 12.3. The highest BCUT2D eigenvalue weighted by Gasteiger charge is 2.08. The number of hydrogen-bond acceptors (Lipinski definition) is 3. The minimum absolute atomic E-state index is 0.182. The third-order valence-corrected chi connectivity index (χ3v) is 3.30. The number of fused-ring (bicyclic) bond motifs is 1. The first kappa shape index (κ1) is 14.1. The topological polar surface area (TPSA) is 51.2 Å². The Morgan fingerprint density at radius 2 is 1.91 bits per heavy atom. The molecule has 3 aromatic rings. The monoisotopic (exact) mass is 292 g/mol. The quantitative estimate of drug-likeness (QED) is 0.793. The fourth-order valence-electron chi connectivity index (χ4n) is 2.25. The van der Waals surface area contributed by atoms with E-state index in [0.29, 0.717) is 18.1 Å². The Hall–Kier alpha value is -2.88. The lowest BCUT2D eigenvalue weighted by Crippen LogP contribution is -2.12. The van der Waals surface area contributed by atoms with Crippen molar-refractivity contribution in [3.8, 4) is 5.88 Å². The molecule has 22 heavy (non-hydrogen) atoms. The van der Waals surface area contributed by atoms with Crippen LogP contribution in [0.3, 0.4) is 0 Å². The Bertz CT molecular complexity index is 815. The smallest absolute Gasteiger partial charge is 0.255 e. The normalized spacial score (nSPS) is 10.4. The van der Waals surface area contributed by atoms with Gasteiger partial charge in [0.1, 0.15) is 0 Å².